The summed E-state index contributed by atoms with van der Waals surface area (Å²) in [7, 11) is 0. The molecule has 49 valence electrons. The van der Waals surface area contributed by atoms with Crippen molar-refractivity contribution in [3.05, 3.63) is 30.1 Å². The SMILES string of the molecule is [CH2]Sc1ccc(C#N)cn1. The molecule has 1 rings (SSSR count). The van der Waals surface area contributed by atoms with Gasteiger partial charge in [0, 0.05) is 12.5 Å². The first kappa shape index (κ1) is 7.10. The van der Waals surface area contributed by atoms with E-state index in [0.29, 0.717) is 5.56 Å². The average molecular weight is 149 g/mol. The zero-order chi connectivity index (χ0) is 7.40. The Kier molecular flexibility index (Phi) is 2.30. The summed E-state index contributed by atoms with van der Waals surface area (Å²) < 4.78 is 0. The Balaban J connectivity index is 2.93. The van der Waals surface area contributed by atoms with Gasteiger partial charge < -0.3 is 0 Å². The molecule has 0 saturated heterocycles. The van der Waals surface area contributed by atoms with Crippen LogP contribution in [0.3, 0.4) is 0 Å². The van der Waals surface area contributed by atoms with Crippen LogP contribution >= 0.6 is 11.8 Å². The molecule has 2 nitrogen and oxygen atoms in total. The molecule has 0 aromatic carbocycles. The molecule has 0 aliphatic carbocycles. The summed E-state index contributed by atoms with van der Waals surface area (Å²) in [6, 6.07) is 5.48. The van der Waals surface area contributed by atoms with Crippen LogP contribution in [0.1, 0.15) is 5.56 Å². The highest BCUT2D eigenvalue weighted by molar-refractivity contribution is 8.00. The van der Waals surface area contributed by atoms with Crippen molar-refractivity contribution >= 4 is 11.8 Å². The van der Waals surface area contributed by atoms with Crippen molar-refractivity contribution in [3.63, 3.8) is 0 Å². The molecule has 3 heteroatoms. The monoisotopic (exact) mass is 149 g/mol. The minimum atomic E-state index is 0.581. The number of hydrogen-bond donors (Lipinski definition) is 0. The van der Waals surface area contributed by atoms with Crippen LogP contribution in [0.2, 0.25) is 0 Å². The smallest absolute Gasteiger partial charge is 0.101 e. The molecule has 0 spiro atoms. The quantitative estimate of drug-likeness (QED) is 0.571. The lowest BCUT2D eigenvalue weighted by molar-refractivity contribution is 1.13. The van der Waals surface area contributed by atoms with Gasteiger partial charge in [0.15, 0.2) is 0 Å². The molecule has 0 saturated carbocycles. The van der Waals surface area contributed by atoms with Gasteiger partial charge in [-0.25, -0.2) is 4.98 Å². The van der Waals surface area contributed by atoms with E-state index in [9.17, 15) is 0 Å². The number of nitrogens with zero attached hydrogens (tertiary/aromatic N) is 2. The van der Waals surface area contributed by atoms with Gasteiger partial charge in [-0.3, -0.25) is 0 Å². The van der Waals surface area contributed by atoms with Crippen LogP contribution in [0.15, 0.2) is 23.4 Å². The van der Waals surface area contributed by atoms with Gasteiger partial charge in [0.05, 0.1) is 10.6 Å². The van der Waals surface area contributed by atoms with Gasteiger partial charge in [-0.05, 0) is 12.1 Å². The first-order valence-electron chi connectivity index (χ1n) is 2.65. The molecular formula is C7H5N2S. The largest absolute Gasteiger partial charge is 0.249 e. The van der Waals surface area contributed by atoms with Crippen molar-refractivity contribution in [2.24, 2.45) is 0 Å². The number of rotatable bonds is 1. The second-order valence-corrected chi connectivity index (χ2v) is 2.35. The summed E-state index contributed by atoms with van der Waals surface area (Å²) in [5.41, 5.74) is 0.581. The molecule has 0 atom stereocenters. The summed E-state index contributed by atoms with van der Waals surface area (Å²) in [4.78, 5) is 3.95. The van der Waals surface area contributed by atoms with Crippen LogP contribution in [0.5, 0.6) is 0 Å². The molecule has 0 aliphatic rings. The van der Waals surface area contributed by atoms with E-state index in [1.165, 1.54) is 18.0 Å². The summed E-state index contributed by atoms with van der Waals surface area (Å²) in [6.45, 7) is 0. The van der Waals surface area contributed by atoms with Crippen molar-refractivity contribution in [1.82, 2.24) is 4.98 Å². The maximum absolute atomic E-state index is 8.39. The summed E-state index contributed by atoms with van der Waals surface area (Å²) in [5.74, 6) is 0. The summed E-state index contributed by atoms with van der Waals surface area (Å²) in [5, 5.41) is 9.22. The first-order valence-corrected chi connectivity index (χ1v) is 3.63. The molecule has 0 N–H and O–H groups in total. The van der Waals surface area contributed by atoms with Gasteiger partial charge in [0.1, 0.15) is 6.07 Å². The second-order valence-electron chi connectivity index (χ2n) is 1.64. The van der Waals surface area contributed by atoms with E-state index in [2.05, 4.69) is 11.2 Å². The Morgan fingerprint density at radius 3 is 2.80 bits per heavy atom. The Labute approximate surface area is 63.9 Å². The van der Waals surface area contributed by atoms with Crippen molar-refractivity contribution < 1.29 is 0 Å². The average Bonchev–Trinajstić information content (AvgIpc) is 2.05. The van der Waals surface area contributed by atoms with Gasteiger partial charge in [-0.2, -0.15) is 5.26 Å². The first-order chi connectivity index (χ1) is 4.86. The van der Waals surface area contributed by atoms with E-state index in [-0.39, 0.29) is 0 Å². The highest BCUT2D eigenvalue weighted by Gasteiger charge is 1.90. The lowest BCUT2D eigenvalue weighted by Crippen LogP contribution is -1.78. The lowest BCUT2D eigenvalue weighted by Gasteiger charge is -1.91. The molecule has 0 bridgehead atoms. The zero-order valence-electron chi connectivity index (χ0n) is 5.24. The maximum atomic E-state index is 8.39. The maximum Gasteiger partial charge on any atom is 0.101 e. The second kappa shape index (κ2) is 3.23. The molecule has 0 amide bonds. The Hall–Kier alpha value is -1.01. The molecule has 10 heavy (non-hydrogen) atoms. The van der Waals surface area contributed by atoms with E-state index >= 15 is 0 Å². The van der Waals surface area contributed by atoms with Crippen molar-refractivity contribution in [3.8, 4) is 6.07 Å². The normalized spacial score (nSPS) is 8.80. The number of pyridine rings is 1. The third kappa shape index (κ3) is 1.49. The van der Waals surface area contributed by atoms with Gasteiger partial charge >= 0.3 is 0 Å². The van der Waals surface area contributed by atoms with Gasteiger partial charge in [-0.15, -0.1) is 11.8 Å². The Morgan fingerprint density at radius 1 is 1.60 bits per heavy atom. The predicted octanol–water partition coefficient (Wildman–Crippen LogP) is 1.84. The Morgan fingerprint density at radius 2 is 2.40 bits per heavy atom. The van der Waals surface area contributed by atoms with Gasteiger partial charge in [0.2, 0.25) is 0 Å². The molecule has 0 unspecified atom stereocenters. The summed E-state index contributed by atoms with van der Waals surface area (Å²) in [6.07, 6.45) is 5.12. The van der Waals surface area contributed by atoms with E-state index in [1.54, 1.807) is 12.1 Å². The van der Waals surface area contributed by atoms with Gasteiger partial charge in [-0.1, -0.05) is 0 Å². The van der Waals surface area contributed by atoms with E-state index in [4.69, 9.17) is 5.26 Å². The number of nitriles is 1. The van der Waals surface area contributed by atoms with Crippen LogP contribution in [-0.4, -0.2) is 4.98 Å². The van der Waals surface area contributed by atoms with E-state index < -0.39 is 0 Å². The molecule has 1 heterocycles. The van der Waals surface area contributed by atoms with Crippen LogP contribution in [0.4, 0.5) is 0 Å². The van der Waals surface area contributed by atoms with Crippen LogP contribution in [0.25, 0.3) is 0 Å². The van der Waals surface area contributed by atoms with Crippen LogP contribution in [-0.2, 0) is 0 Å². The molecule has 1 radical (unpaired) electrons. The third-order valence-electron chi connectivity index (χ3n) is 1.01. The van der Waals surface area contributed by atoms with E-state index in [0.717, 1.165) is 5.03 Å². The predicted molar refractivity (Wildman–Crippen MR) is 40.2 cm³/mol. The minimum Gasteiger partial charge on any atom is -0.249 e. The Bertz CT molecular complexity index is 247. The van der Waals surface area contributed by atoms with Crippen molar-refractivity contribution in [2.75, 3.05) is 0 Å². The molecular weight excluding hydrogens is 144 g/mol. The zero-order valence-corrected chi connectivity index (χ0v) is 6.06. The standard InChI is InChI=1S/C7H5N2S/c1-10-7-3-2-6(4-8)5-9-7/h2-3,5H,1H2. The van der Waals surface area contributed by atoms with Crippen molar-refractivity contribution in [2.45, 2.75) is 5.03 Å². The topological polar surface area (TPSA) is 36.7 Å². The van der Waals surface area contributed by atoms with Crippen LogP contribution in [0, 0.1) is 17.6 Å². The van der Waals surface area contributed by atoms with E-state index in [1.807, 2.05) is 6.07 Å². The number of aromatic nitrogens is 1. The molecule has 0 aliphatic heterocycles. The summed E-state index contributed by atoms with van der Waals surface area (Å²) >= 11 is 1.32. The highest BCUT2D eigenvalue weighted by atomic mass is 32.2. The fourth-order valence-corrected chi connectivity index (χ4v) is 0.823. The fourth-order valence-electron chi connectivity index (χ4n) is 0.532. The van der Waals surface area contributed by atoms with Gasteiger partial charge in [0.25, 0.3) is 0 Å². The third-order valence-corrected chi connectivity index (χ3v) is 1.55. The molecule has 1 aromatic rings. The number of hydrogen-bond acceptors (Lipinski definition) is 3. The molecule has 0 fully saturated rings. The lowest BCUT2D eigenvalue weighted by atomic mass is 10.3. The molecule has 1 aromatic heterocycles. The highest BCUT2D eigenvalue weighted by Crippen LogP contribution is 2.11. The number of thioether (sulfide) groups is 1. The van der Waals surface area contributed by atoms with Crippen molar-refractivity contribution in [1.29, 1.82) is 5.26 Å². The fraction of sp³-hybridized carbons (Fsp3) is 0. The minimum absolute atomic E-state index is 0.581. The van der Waals surface area contributed by atoms with Crippen LogP contribution < -0.4 is 0 Å².